The van der Waals surface area contributed by atoms with Crippen LogP contribution in [0.3, 0.4) is 0 Å². The largest absolute Gasteiger partial charge is 0.299 e. The summed E-state index contributed by atoms with van der Waals surface area (Å²) in [5.74, 6) is -10.5. The number of benzene rings is 4. The van der Waals surface area contributed by atoms with Gasteiger partial charge in [0.1, 0.15) is 46.5 Å². The third-order valence-electron chi connectivity index (χ3n) is 8.39. The van der Waals surface area contributed by atoms with Gasteiger partial charge in [0.25, 0.3) is 0 Å². The van der Waals surface area contributed by atoms with Gasteiger partial charge in [-0.15, -0.1) is 0 Å². The number of carbonyl (C=O) groups is 2. The van der Waals surface area contributed by atoms with Crippen molar-refractivity contribution in [2.45, 2.75) is 65.2 Å². The minimum Gasteiger partial charge on any atom is -0.299 e. The quantitative estimate of drug-likeness (QED) is 0.185. The van der Waals surface area contributed by atoms with E-state index >= 15 is 0 Å². The van der Waals surface area contributed by atoms with Gasteiger partial charge in [-0.2, -0.15) is 10.2 Å². The van der Waals surface area contributed by atoms with Crippen molar-refractivity contribution in [3.05, 3.63) is 141 Å². The smallest absolute Gasteiger partial charge is 0.138 e. The summed E-state index contributed by atoms with van der Waals surface area (Å²) < 4.78 is 83.6. The van der Waals surface area contributed by atoms with Crippen LogP contribution in [0.15, 0.2) is 83.0 Å². The van der Waals surface area contributed by atoms with Gasteiger partial charge in [-0.25, -0.2) is 26.3 Å². The topological polar surface area (TPSA) is 58.9 Å². The van der Waals surface area contributed by atoms with Crippen LogP contribution in [0.25, 0.3) is 0 Å². The van der Waals surface area contributed by atoms with E-state index in [1.54, 1.807) is 38.1 Å². The predicted molar refractivity (Wildman–Crippen MR) is 174 cm³/mol. The molecule has 0 saturated heterocycles. The van der Waals surface area contributed by atoms with Gasteiger partial charge in [-0.3, -0.25) is 9.59 Å². The van der Waals surface area contributed by atoms with Gasteiger partial charge in [0.05, 0.1) is 11.8 Å². The third kappa shape index (κ3) is 7.81. The zero-order valence-electron chi connectivity index (χ0n) is 27.2. The first-order valence-electron chi connectivity index (χ1n) is 15.1. The van der Waals surface area contributed by atoms with Gasteiger partial charge in [0.15, 0.2) is 0 Å². The van der Waals surface area contributed by atoms with E-state index in [9.17, 15) is 35.9 Å². The van der Waals surface area contributed by atoms with Crippen molar-refractivity contribution in [3.8, 4) is 0 Å². The Morgan fingerprint density at radius 1 is 0.562 bits per heavy atom. The Hall–Kier alpha value is -4.86. The van der Waals surface area contributed by atoms with Crippen LogP contribution in [0.2, 0.25) is 0 Å². The highest BCUT2D eigenvalue weighted by Crippen LogP contribution is 2.41. The second-order valence-electron chi connectivity index (χ2n) is 12.0. The molecule has 4 aromatic carbocycles. The van der Waals surface area contributed by atoms with Gasteiger partial charge < -0.3 is 0 Å². The van der Waals surface area contributed by atoms with Crippen molar-refractivity contribution in [3.63, 3.8) is 0 Å². The van der Waals surface area contributed by atoms with Crippen LogP contribution in [0.4, 0.5) is 26.3 Å². The summed E-state index contributed by atoms with van der Waals surface area (Å²) in [6.45, 7) is 9.72. The number of Topliss-reactive ketones (excluding diaryl/α,β-unsaturated/α-hetero) is 2. The number of carbonyl (C=O) groups excluding carboxylic acids is 2. The van der Waals surface area contributed by atoms with Crippen molar-refractivity contribution >= 4 is 23.0 Å². The minimum absolute atomic E-state index is 0.169. The summed E-state index contributed by atoms with van der Waals surface area (Å²) in [5.41, 5.74) is 3.82. The molecule has 1 aliphatic rings. The molecule has 4 unspecified atom stereocenters. The molecule has 1 aliphatic heterocycles. The monoisotopic (exact) mass is 664 g/mol. The number of nitrogens with zero attached hydrogens (tertiary/aromatic N) is 2. The first-order chi connectivity index (χ1) is 22.6. The fourth-order valence-corrected chi connectivity index (χ4v) is 6.09. The van der Waals surface area contributed by atoms with Crippen LogP contribution in [0, 0.1) is 48.8 Å². The lowest BCUT2D eigenvalue weighted by molar-refractivity contribution is -0.125. The molecule has 0 radical (unpaired) electrons. The first-order valence-corrected chi connectivity index (χ1v) is 15.1. The van der Waals surface area contributed by atoms with Crippen LogP contribution < -0.4 is 0 Å². The summed E-state index contributed by atoms with van der Waals surface area (Å²) in [5, 5.41) is 8.17. The maximum absolute atomic E-state index is 14.4. The molecular weight excluding hydrogens is 630 g/mol. The zero-order chi connectivity index (χ0) is 35.4. The normalized spacial score (nSPS) is 17.0. The van der Waals surface area contributed by atoms with Gasteiger partial charge in [-0.05, 0) is 52.7 Å². The van der Waals surface area contributed by atoms with E-state index in [2.05, 4.69) is 10.2 Å². The number of halogens is 6. The molecule has 1 heterocycles. The molecule has 0 aromatic heterocycles. The van der Waals surface area contributed by atoms with Crippen molar-refractivity contribution in [2.75, 3.05) is 0 Å². The number of aryl methyl sites for hydroxylation is 2. The first kappa shape index (κ1) is 36.0. The average Bonchev–Trinajstić information content (AvgIpc) is 2.99. The van der Waals surface area contributed by atoms with Gasteiger partial charge in [0.2, 0.25) is 0 Å². The maximum Gasteiger partial charge on any atom is 0.138 e. The van der Waals surface area contributed by atoms with Crippen LogP contribution in [-0.4, -0.2) is 23.0 Å². The molecule has 10 heteroatoms. The average molecular weight is 665 g/mol. The van der Waals surface area contributed by atoms with Gasteiger partial charge in [-0.1, -0.05) is 59.7 Å². The Kier molecular flexibility index (Phi) is 11.2. The minimum atomic E-state index is -1.36. The molecule has 0 saturated carbocycles. The Balaban J connectivity index is 0.000000217. The number of ketones is 2. The molecule has 4 atom stereocenters. The molecule has 0 N–H and O–H groups in total. The number of hydrogen-bond acceptors (Lipinski definition) is 4. The fraction of sp³-hybridized carbons (Fsp3) is 0.263. The zero-order valence-corrected chi connectivity index (χ0v) is 27.2. The standard InChI is InChI=1S/C19H17F3N2.C19H17F3O2/c1-10-4-6-13(7-5-10)17-11(2)23-24-12(3)18(17)19-15(21)8-14(20)9-16(19)22;1-10-4-6-13(7-5-10)17(11(2)23)18(12(3)24)19-15(21)8-14(20)9-16(19)22/h2*4-9,17-18H,1-3H3. The summed E-state index contributed by atoms with van der Waals surface area (Å²) in [6.07, 6.45) is 0. The van der Waals surface area contributed by atoms with Crippen molar-refractivity contribution < 1.29 is 35.9 Å². The van der Waals surface area contributed by atoms with E-state index in [0.29, 0.717) is 41.3 Å². The molecule has 4 nitrogen and oxygen atoms in total. The Bertz CT molecular complexity index is 1750. The van der Waals surface area contributed by atoms with Crippen LogP contribution in [0.5, 0.6) is 0 Å². The molecule has 5 rings (SSSR count). The van der Waals surface area contributed by atoms with Crippen molar-refractivity contribution in [1.82, 2.24) is 0 Å². The number of rotatable bonds is 7. The predicted octanol–water partition coefficient (Wildman–Crippen LogP) is 9.59. The van der Waals surface area contributed by atoms with Crippen LogP contribution >= 0.6 is 0 Å². The van der Waals surface area contributed by atoms with E-state index in [1.807, 2.05) is 38.1 Å². The van der Waals surface area contributed by atoms with Gasteiger partial charge >= 0.3 is 0 Å². The second kappa shape index (κ2) is 14.9. The summed E-state index contributed by atoms with van der Waals surface area (Å²) in [6, 6.07) is 17.0. The number of hydrogen-bond donors (Lipinski definition) is 0. The van der Waals surface area contributed by atoms with E-state index in [-0.39, 0.29) is 11.5 Å². The Morgan fingerprint density at radius 2 is 0.958 bits per heavy atom. The van der Waals surface area contributed by atoms with E-state index < -0.39 is 69.8 Å². The van der Waals surface area contributed by atoms with Gasteiger partial charge in [0, 0.05) is 58.7 Å². The highest BCUT2D eigenvalue weighted by molar-refractivity contribution is 6.02. The summed E-state index contributed by atoms with van der Waals surface area (Å²) in [7, 11) is 0. The summed E-state index contributed by atoms with van der Waals surface area (Å²) in [4.78, 5) is 24.3. The lowest BCUT2D eigenvalue weighted by Crippen LogP contribution is -2.28. The molecule has 0 spiro atoms. The molecule has 0 amide bonds. The van der Waals surface area contributed by atoms with E-state index in [1.165, 1.54) is 6.92 Å². The molecule has 250 valence electrons. The van der Waals surface area contributed by atoms with E-state index in [4.69, 9.17) is 0 Å². The maximum atomic E-state index is 14.4. The molecular formula is C38H34F6N2O2. The molecule has 48 heavy (non-hydrogen) atoms. The highest BCUT2D eigenvalue weighted by Gasteiger charge is 2.37. The van der Waals surface area contributed by atoms with E-state index in [0.717, 1.165) is 23.6 Å². The lowest BCUT2D eigenvalue weighted by atomic mass is 9.75. The second-order valence-corrected chi connectivity index (χ2v) is 12.0. The van der Waals surface area contributed by atoms with Crippen molar-refractivity contribution in [1.29, 1.82) is 0 Å². The molecule has 0 bridgehead atoms. The fourth-order valence-electron chi connectivity index (χ4n) is 6.09. The van der Waals surface area contributed by atoms with Crippen molar-refractivity contribution in [2.24, 2.45) is 10.2 Å². The van der Waals surface area contributed by atoms with Crippen LogP contribution in [0.1, 0.15) is 84.7 Å². The summed E-state index contributed by atoms with van der Waals surface area (Å²) >= 11 is 0. The molecule has 4 aromatic rings. The third-order valence-corrected chi connectivity index (χ3v) is 8.39. The SMILES string of the molecule is CC(=O)C(c1ccc(C)cc1)C(C(C)=O)c1c(F)cc(F)cc1F.CC1=NN=C(C)C(c2c(F)cc(F)cc2F)C1c1ccc(C)cc1. The molecule has 0 fully saturated rings. The lowest BCUT2D eigenvalue weighted by Gasteiger charge is -2.30. The molecule has 0 aliphatic carbocycles. The Morgan fingerprint density at radius 3 is 1.40 bits per heavy atom. The highest BCUT2D eigenvalue weighted by atomic mass is 19.2. The van der Waals surface area contributed by atoms with Crippen LogP contribution in [-0.2, 0) is 9.59 Å². The Labute approximate surface area is 275 Å².